The summed E-state index contributed by atoms with van der Waals surface area (Å²) in [5, 5.41) is 10.0. The van der Waals surface area contributed by atoms with E-state index in [4.69, 9.17) is 5.26 Å². The van der Waals surface area contributed by atoms with E-state index < -0.39 is 0 Å². The molecule has 0 aromatic carbocycles. The van der Waals surface area contributed by atoms with Gasteiger partial charge in [-0.05, 0) is 24.3 Å². The van der Waals surface area contributed by atoms with E-state index in [1.54, 1.807) is 0 Å². The Labute approximate surface area is 53.7 Å². The van der Waals surface area contributed by atoms with Gasteiger partial charge in [0.2, 0.25) is 0 Å². The third kappa shape index (κ3) is 3.55. The lowest BCUT2D eigenvalue weighted by Crippen LogP contribution is -1.73. The number of thioether (sulfide) groups is 1. The zero-order chi connectivity index (χ0) is 6.41. The van der Waals surface area contributed by atoms with E-state index in [2.05, 4.69) is 12.3 Å². The van der Waals surface area contributed by atoms with Crippen LogP contribution in [0.1, 0.15) is 6.92 Å². The fourth-order valence-corrected chi connectivity index (χ4v) is 0.575. The largest absolute Gasteiger partial charge is 0.185 e. The van der Waals surface area contributed by atoms with Crippen molar-refractivity contribution in [3.63, 3.8) is 0 Å². The number of hydrogen-bond donors (Lipinski definition) is 0. The van der Waals surface area contributed by atoms with E-state index in [1.807, 2.05) is 12.3 Å². The van der Waals surface area contributed by atoms with Crippen LogP contribution in [-0.2, 0) is 0 Å². The van der Waals surface area contributed by atoms with Gasteiger partial charge in [0, 0.05) is 5.75 Å². The summed E-state index contributed by atoms with van der Waals surface area (Å²) in [7, 11) is 0. The summed E-state index contributed by atoms with van der Waals surface area (Å²) in [5.74, 6) is 0.722. The third-order valence-corrected chi connectivity index (χ3v) is 1.36. The lowest BCUT2D eigenvalue weighted by Gasteiger charge is -1.85. The average Bonchev–Trinajstić information content (AvgIpc) is 1.83. The smallest absolute Gasteiger partial charge is 0.133 e. The van der Waals surface area contributed by atoms with E-state index >= 15 is 0 Å². The molecular weight excluding hydrogens is 118 g/mol. The first kappa shape index (κ1) is 7.36. The number of nitrogens with zero attached hydrogens (tertiary/aromatic N) is 1. The SMILES string of the molecule is C=C=C(C)CSC#N. The molecule has 0 radical (unpaired) electrons. The molecule has 0 aliphatic rings. The quantitative estimate of drug-likeness (QED) is 0.416. The summed E-state index contributed by atoms with van der Waals surface area (Å²) in [6, 6.07) is 0. The number of thiocyanates is 1. The van der Waals surface area contributed by atoms with Crippen LogP contribution in [-0.4, -0.2) is 5.75 Å². The molecule has 0 aliphatic carbocycles. The summed E-state index contributed by atoms with van der Waals surface area (Å²) in [6.07, 6.45) is 0. The van der Waals surface area contributed by atoms with Crippen molar-refractivity contribution in [1.29, 1.82) is 5.26 Å². The Morgan fingerprint density at radius 2 is 2.50 bits per heavy atom. The van der Waals surface area contributed by atoms with E-state index in [1.165, 1.54) is 11.8 Å². The first-order valence-corrected chi connectivity index (χ1v) is 3.16. The van der Waals surface area contributed by atoms with Crippen molar-refractivity contribution in [2.75, 3.05) is 5.75 Å². The third-order valence-electron chi connectivity index (χ3n) is 0.655. The van der Waals surface area contributed by atoms with Crippen molar-refractivity contribution in [3.8, 4) is 5.40 Å². The Hall–Kier alpha value is -0.640. The number of hydrogen-bond acceptors (Lipinski definition) is 2. The molecule has 0 spiro atoms. The Balaban J connectivity index is 3.44. The van der Waals surface area contributed by atoms with Crippen LogP contribution in [0, 0.1) is 10.7 Å². The minimum atomic E-state index is 0.722. The molecule has 0 aromatic heterocycles. The van der Waals surface area contributed by atoms with Crippen LogP contribution >= 0.6 is 11.8 Å². The second-order valence-corrected chi connectivity index (χ2v) is 2.10. The summed E-state index contributed by atoms with van der Waals surface area (Å²) >= 11 is 1.21. The van der Waals surface area contributed by atoms with E-state index in [-0.39, 0.29) is 0 Å². The first-order chi connectivity index (χ1) is 3.81. The van der Waals surface area contributed by atoms with Gasteiger partial charge in [-0.25, -0.2) is 0 Å². The molecule has 42 valence electrons. The maximum atomic E-state index is 8.06. The summed E-state index contributed by atoms with van der Waals surface area (Å²) in [4.78, 5) is 0. The number of nitriles is 1. The second kappa shape index (κ2) is 4.52. The topological polar surface area (TPSA) is 23.8 Å². The van der Waals surface area contributed by atoms with Gasteiger partial charge in [-0.1, -0.05) is 6.58 Å². The normalized spacial score (nSPS) is 7.00. The van der Waals surface area contributed by atoms with Gasteiger partial charge in [-0.15, -0.1) is 5.73 Å². The van der Waals surface area contributed by atoms with Crippen LogP contribution in [0.4, 0.5) is 0 Å². The molecule has 0 aliphatic heterocycles. The first-order valence-electron chi connectivity index (χ1n) is 2.17. The van der Waals surface area contributed by atoms with Crippen molar-refractivity contribution in [2.24, 2.45) is 0 Å². The van der Waals surface area contributed by atoms with Crippen molar-refractivity contribution in [1.82, 2.24) is 0 Å². The Kier molecular flexibility index (Phi) is 4.16. The standard InChI is InChI=1S/C6H7NS/c1-3-6(2)4-8-5-7/h1,4H2,2H3. The van der Waals surface area contributed by atoms with Crippen molar-refractivity contribution < 1.29 is 0 Å². The lowest BCUT2D eigenvalue weighted by molar-refractivity contribution is 1.43. The molecule has 1 nitrogen and oxygen atoms in total. The van der Waals surface area contributed by atoms with Gasteiger partial charge in [0.25, 0.3) is 0 Å². The Morgan fingerprint density at radius 1 is 1.88 bits per heavy atom. The van der Waals surface area contributed by atoms with Gasteiger partial charge in [0.15, 0.2) is 0 Å². The van der Waals surface area contributed by atoms with Gasteiger partial charge in [0.05, 0.1) is 0 Å². The van der Waals surface area contributed by atoms with Gasteiger partial charge in [-0.2, -0.15) is 5.26 Å². The van der Waals surface area contributed by atoms with Crippen LogP contribution in [0.5, 0.6) is 0 Å². The zero-order valence-electron chi connectivity index (χ0n) is 4.77. The fraction of sp³-hybridized carbons (Fsp3) is 0.333. The highest BCUT2D eigenvalue weighted by Crippen LogP contribution is 2.01. The Morgan fingerprint density at radius 3 is 2.88 bits per heavy atom. The molecule has 0 rings (SSSR count). The van der Waals surface area contributed by atoms with Crippen molar-refractivity contribution in [3.05, 3.63) is 17.9 Å². The minimum absolute atomic E-state index is 0.722. The maximum absolute atomic E-state index is 8.06. The fourth-order valence-electron chi connectivity index (χ4n) is 0.192. The molecule has 0 N–H and O–H groups in total. The van der Waals surface area contributed by atoms with Crippen LogP contribution in [0.15, 0.2) is 17.9 Å². The molecule has 0 bridgehead atoms. The van der Waals surface area contributed by atoms with Crippen LogP contribution in [0.3, 0.4) is 0 Å². The summed E-state index contributed by atoms with van der Waals surface area (Å²) < 4.78 is 0. The maximum Gasteiger partial charge on any atom is 0.133 e. The molecule has 0 fully saturated rings. The van der Waals surface area contributed by atoms with Gasteiger partial charge >= 0.3 is 0 Å². The molecule has 2 heteroatoms. The summed E-state index contributed by atoms with van der Waals surface area (Å²) in [6.45, 7) is 5.33. The molecule has 0 aromatic rings. The summed E-state index contributed by atoms with van der Waals surface area (Å²) in [5.41, 5.74) is 3.72. The highest BCUT2D eigenvalue weighted by atomic mass is 32.2. The lowest BCUT2D eigenvalue weighted by atomic mass is 10.4. The van der Waals surface area contributed by atoms with Crippen LogP contribution in [0.2, 0.25) is 0 Å². The zero-order valence-corrected chi connectivity index (χ0v) is 5.59. The molecule has 0 saturated carbocycles. The minimum Gasteiger partial charge on any atom is -0.185 e. The van der Waals surface area contributed by atoms with E-state index in [9.17, 15) is 0 Å². The van der Waals surface area contributed by atoms with E-state index in [0.29, 0.717) is 0 Å². The molecule has 0 amide bonds. The predicted octanol–water partition coefficient (Wildman–Crippen LogP) is 1.93. The second-order valence-electron chi connectivity index (χ2n) is 1.34. The monoisotopic (exact) mass is 125 g/mol. The highest BCUT2D eigenvalue weighted by molar-refractivity contribution is 8.03. The Bertz CT molecular complexity index is 148. The highest BCUT2D eigenvalue weighted by Gasteiger charge is 1.84. The van der Waals surface area contributed by atoms with Crippen molar-refractivity contribution >= 4 is 11.8 Å². The van der Waals surface area contributed by atoms with Crippen LogP contribution < -0.4 is 0 Å². The predicted molar refractivity (Wildman–Crippen MR) is 36.4 cm³/mol. The van der Waals surface area contributed by atoms with Gasteiger partial charge < -0.3 is 0 Å². The molecule has 0 saturated heterocycles. The van der Waals surface area contributed by atoms with Gasteiger partial charge in [-0.3, -0.25) is 0 Å². The van der Waals surface area contributed by atoms with Gasteiger partial charge in [0.1, 0.15) is 5.40 Å². The molecule has 8 heavy (non-hydrogen) atoms. The molecular formula is C6H7NS. The van der Waals surface area contributed by atoms with E-state index in [0.717, 1.165) is 11.3 Å². The van der Waals surface area contributed by atoms with Crippen molar-refractivity contribution in [2.45, 2.75) is 6.92 Å². The average molecular weight is 125 g/mol. The molecule has 0 unspecified atom stereocenters. The molecule has 0 atom stereocenters. The number of rotatable bonds is 2. The van der Waals surface area contributed by atoms with Crippen LogP contribution in [0.25, 0.3) is 0 Å². The molecule has 0 heterocycles.